The van der Waals surface area contributed by atoms with Crippen LogP contribution in [0.3, 0.4) is 0 Å². The summed E-state index contributed by atoms with van der Waals surface area (Å²) in [6, 6.07) is 8.12. The number of pyridine rings is 1. The van der Waals surface area contributed by atoms with Crippen molar-refractivity contribution in [1.82, 2.24) is 9.88 Å². The Morgan fingerprint density at radius 1 is 1.23 bits per heavy atom. The topological polar surface area (TPSA) is 48.5 Å². The largest absolute Gasteiger partial charge is 0.368 e. The molecule has 7 heteroatoms. The van der Waals surface area contributed by atoms with Gasteiger partial charge in [-0.15, -0.1) is 0 Å². The van der Waals surface area contributed by atoms with Crippen molar-refractivity contribution >= 4 is 29.0 Å². The molecular formula is C19H22ClFN4O. The van der Waals surface area contributed by atoms with Crippen molar-refractivity contribution < 1.29 is 9.18 Å². The van der Waals surface area contributed by atoms with Crippen LogP contribution in [-0.2, 0) is 11.2 Å². The van der Waals surface area contributed by atoms with E-state index < -0.39 is 5.82 Å². The van der Waals surface area contributed by atoms with Gasteiger partial charge in [-0.3, -0.25) is 4.79 Å². The Morgan fingerprint density at radius 3 is 2.62 bits per heavy atom. The first-order chi connectivity index (χ1) is 12.5. The molecule has 1 aliphatic heterocycles. The van der Waals surface area contributed by atoms with Gasteiger partial charge in [-0.25, -0.2) is 9.37 Å². The van der Waals surface area contributed by atoms with E-state index in [0.29, 0.717) is 11.4 Å². The average molecular weight is 377 g/mol. The lowest BCUT2D eigenvalue weighted by atomic mass is 10.1. The molecule has 0 bridgehead atoms. The second-order valence-electron chi connectivity index (χ2n) is 6.30. The van der Waals surface area contributed by atoms with E-state index in [4.69, 9.17) is 11.6 Å². The number of aromatic nitrogens is 1. The van der Waals surface area contributed by atoms with Gasteiger partial charge in [-0.2, -0.15) is 0 Å². The normalized spacial score (nSPS) is 15.1. The van der Waals surface area contributed by atoms with Gasteiger partial charge in [0.05, 0.1) is 23.3 Å². The van der Waals surface area contributed by atoms with Crippen LogP contribution in [0.1, 0.15) is 12.5 Å². The van der Waals surface area contributed by atoms with Crippen LogP contribution >= 0.6 is 11.6 Å². The number of carbonyl (C=O) groups excluding carboxylic acids is 1. The number of anilines is 2. The minimum absolute atomic E-state index is 0.0474. The van der Waals surface area contributed by atoms with E-state index in [1.807, 2.05) is 6.07 Å². The van der Waals surface area contributed by atoms with Crippen LogP contribution < -0.4 is 10.2 Å². The molecule has 2 heterocycles. The maximum atomic E-state index is 13.4. The second kappa shape index (κ2) is 8.47. The molecular weight excluding hydrogens is 355 g/mol. The highest BCUT2D eigenvalue weighted by Gasteiger charge is 2.16. The van der Waals surface area contributed by atoms with E-state index in [0.717, 1.165) is 38.4 Å². The van der Waals surface area contributed by atoms with Crippen LogP contribution in [0.15, 0.2) is 36.5 Å². The van der Waals surface area contributed by atoms with Crippen LogP contribution in [0.5, 0.6) is 0 Å². The highest BCUT2D eigenvalue weighted by molar-refractivity contribution is 6.30. The van der Waals surface area contributed by atoms with E-state index in [2.05, 4.69) is 27.0 Å². The molecule has 1 N–H and O–H groups in total. The third-order valence-corrected chi connectivity index (χ3v) is 4.86. The summed E-state index contributed by atoms with van der Waals surface area (Å²) < 4.78 is 13.4. The first-order valence-corrected chi connectivity index (χ1v) is 9.10. The minimum atomic E-state index is -0.525. The zero-order valence-corrected chi connectivity index (χ0v) is 15.5. The van der Waals surface area contributed by atoms with Crippen molar-refractivity contribution in [2.24, 2.45) is 0 Å². The molecule has 1 aliphatic rings. The van der Waals surface area contributed by atoms with Gasteiger partial charge < -0.3 is 15.1 Å². The molecule has 0 unspecified atom stereocenters. The molecule has 26 heavy (non-hydrogen) atoms. The summed E-state index contributed by atoms with van der Waals surface area (Å²) in [5, 5.41) is 2.79. The molecule has 0 saturated carbocycles. The molecule has 5 nitrogen and oxygen atoms in total. The summed E-state index contributed by atoms with van der Waals surface area (Å²) in [6.07, 6.45) is 1.84. The number of piperazine rings is 1. The molecule has 1 saturated heterocycles. The molecule has 0 aliphatic carbocycles. The number of hydrogen-bond acceptors (Lipinski definition) is 4. The average Bonchev–Trinajstić information content (AvgIpc) is 2.65. The summed E-state index contributed by atoms with van der Waals surface area (Å²) in [6.45, 7) is 7.30. The molecule has 3 rings (SSSR count). The fourth-order valence-corrected chi connectivity index (χ4v) is 3.11. The molecule has 2 aromatic rings. The number of likely N-dealkylation sites (N-methyl/N-ethyl adjacent to an activating group) is 1. The Balaban J connectivity index is 1.55. The number of nitrogens with zero attached hydrogens (tertiary/aromatic N) is 3. The van der Waals surface area contributed by atoms with Crippen molar-refractivity contribution in [3.63, 3.8) is 0 Å². The Morgan fingerprint density at radius 2 is 2.00 bits per heavy atom. The van der Waals surface area contributed by atoms with Gasteiger partial charge in [0.2, 0.25) is 5.91 Å². The fraction of sp³-hybridized carbons (Fsp3) is 0.368. The SMILES string of the molecule is CCN1CCN(c2ccc(NC(=O)Cc3ccc(Cl)c(F)c3)nc2)CC1. The molecule has 1 fully saturated rings. The third kappa shape index (κ3) is 4.71. The highest BCUT2D eigenvalue weighted by atomic mass is 35.5. The Labute approximate surface area is 157 Å². The maximum absolute atomic E-state index is 13.4. The van der Waals surface area contributed by atoms with E-state index in [1.165, 1.54) is 12.1 Å². The zero-order valence-electron chi connectivity index (χ0n) is 14.7. The number of benzene rings is 1. The predicted octanol–water partition coefficient (Wildman–Crippen LogP) is 3.20. The summed E-state index contributed by atoms with van der Waals surface area (Å²) >= 11 is 5.65. The number of rotatable bonds is 5. The summed E-state index contributed by atoms with van der Waals surface area (Å²) in [5.74, 6) is -0.286. The standard InChI is InChI=1S/C19H22ClFN4O/c1-2-24-7-9-25(10-8-24)15-4-6-18(22-13-15)23-19(26)12-14-3-5-16(20)17(21)11-14/h3-6,11,13H,2,7-10,12H2,1H3,(H,22,23,26). The van der Waals surface area contributed by atoms with Crippen molar-refractivity contribution in [3.8, 4) is 0 Å². The lowest BCUT2D eigenvalue weighted by Gasteiger charge is -2.35. The van der Waals surface area contributed by atoms with Gasteiger partial charge >= 0.3 is 0 Å². The van der Waals surface area contributed by atoms with Gasteiger partial charge in [0.25, 0.3) is 0 Å². The Hall–Kier alpha value is -2.18. The molecule has 0 atom stereocenters. The van der Waals surface area contributed by atoms with Crippen molar-refractivity contribution in [2.75, 3.05) is 42.9 Å². The van der Waals surface area contributed by atoms with Crippen molar-refractivity contribution in [1.29, 1.82) is 0 Å². The summed E-state index contributed by atoms with van der Waals surface area (Å²) in [5.41, 5.74) is 1.62. The first-order valence-electron chi connectivity index (χ1n) is 8.72. The van der Waals surface area contributed by atoms with E-state index >= 15 is 0 Å². The van der Waals surface area contributed by atoms with E-state index in [9.17, 15) is 9.18 Å². The van der Waals surface area contributed by atoms with E-state index in [-0.39, 0.29) is 17.4 Å². The molecule has 0 radical (unpaired) electrons. The van der Waals surface area contributed by atoms with Gasteiger partial charge in [0.15, 0.2) is 0 Å². The molecule has 1 aromatic heterocycles. The van der Waals surface area contributed by atoms with Crippen molar-refractivity contribution in [2.45, 2.75) is 13.3 Å². The third-order valence-electron chi connectivity index (χ3n) is 4.55. The van der Waals surface area contributed by atoms with Crippen LogP contribution in [0.4, 0.5) is 15.9 Å². The summed E-state index contributed by atoms with van der Waals surface area (Å²) in [7, 11) is 0. The zero-order chi connectivity index (χ0) is 18.5. The monoisotopic (exact) mass is 376 g/mol. The number of amides is 1. The number of nitrogens with one attached hydrogen (secondary N) is 1. The Kier molecular flexibility index (Phi) is 6.06. The number of hydrogen-bond donors (Lipinski definition) is 1. The van der Waals surface area contributed by atoms with Gasteiger partial charge in [-0.05, 0) is 36.4 Å². The van der Waals surface area contributed by atoms with Gasteiger partial charge in [0.1, 0.15) is 11.6 Å². The molecule has 1 amide bonds. The lowest BCUT2D eigenvalue weighted by molar-refractivity contribution is -0.115. The lowest BCUT2D eigenvalue weighted by Crippen LogP contribution is -2.46. The van der Waals surface area contributed by atoms with Crippen LogP contribution in [-0.4, -0.2) is 48.5 Å². The number of halogens is 2. The van der Waals surface area contributed by atoms with Gasteiger partial charge in [0, 0.05) is 26.2 Å². The number of carbonyl (C=O) groups is 1. The van der Waals surface area contributed by atoms with Gasteiger partial charge in [-0.1, -0.05) is 24.6 Å². The molecule has 1 aromatic carbocycles. The summed E-state index contributed by atoms with van der Waals surface area (Å²) in [4.78, 5) is 21.1. The smallest absolute Gasteiger partial charge is 0.229 e. The van der Waals surface area contributed by atoms with Crippen LogP contribution in [0, 0.1) is 5.82 Å². The fourth-order valence-electron chi connectivity index (χ4n) is 2.99. The first kappa shape index (κ1) is 18.6. The minimum Gasteiger partial charge on any atom is -0.368 e. The van der Waals surface area contributed by atoms with Crippen LogP contribution in [0.2, 0.25) is 5.02 Å². The van der Waals surface area contributed by atoms with Crippen molar-refractivity contribution in [3.05, 3.63) is 52.9 Å². The maximum Gasteiger partial charge on any atom is 0.229 e. The molecule has 0 spiro atoms. The highest BCUT2D eigenvalue weighted by Crippen LogP contribution is 2.18. The van der Waals surface area contributed by atoms with E-state index in [1.54, 1.807) is 18.3 Å². The quantitative estimate of drug-likeness (QED) is 0.870. The molecule has 138 valence electrons. The second-order valence-corrected chi connectivity index (χ2v) is 6.70. The van der Waals surface area contributed by atoms with Crippen LogP contribution in [0.25, 0.3) is 0 Å². The Bertz CT molecular complexity index is 761. The predicted molar refractivity (Wildman–Crippen MR) is 102 cm³/mol.